The molecule has 7 nitrogen and oxygen atoms in total. The molecule has 2 aromatic carbocycles. The third kappa shape index (κ3) is 5.92. The second kappa shape index (κ2) is 10.6. The van der Waals surface area contributed by atoms with E-state index in [1.165, 1.54) is 0 Å². The van der Waals surface area contributed by atoms with E-state index in [-0.39, 0.29) is 5.75 Å². The molecule has 1 fully saturated rings. The van der Waals surface area contributed by atoms with Gasteiger partial charge in [-0.05, 0) is 30.7 Å². The lowest BCUT2D eigenvalue weighted by atomic mass is 10.2. The van der Waals surface area contributed by atoms with E-state index in [2.05, 4.69) is 10.3 Å². The zero-order valence-corrected chi connectivity index (χ0v) is 20.6. The van der Waals surface area contributed by atoms with Crippen molar-refractivity contribution in [2.24, 2.45) is 0 Å². The van der Waals surface area contributed by atoms with Crippen molar-refractivity contribution in [1.29, 1.82) is 0 Å². The zero-order chi connectivity index (χ0) is 23.3. The lowest BCUT2D eigenvalue weighted by Crippen LogP contribution is -2.48. The van der Waals surface area contributed by atoms with Crippen molar-refractivity contribution in [2.45, 2.75) is 19.2 Å². The molecule has 1 aliphatic heterocycles. The van der Waals surface area contributed by atoms with Gasteiger partial charge in [0.15, 0.2) is 11.5 Å². The summed E-state index contributed by atoms with van der Waals surface area (Å²) in [5.74, 6) is 1.47. The molecule has 0 spiro atoms. The number of nitrogens with zero attached hydrogens (tertiary/aromatic N) is 3. The Morgan fingerprint density at radius 1 is 1.03 bits per heavy atom. The van der Waals surface area contributed by atoms with E-state index in [0.29, 0.717) is 45.1 Å². The van der Waals surface area contributed by atoms with E-state index in [1.54, 1.807) is 22.8 Å². The molecule has 3 aromatic rings. The van der Waals surface area contributed by atoms with Crippen LogP contribution in [0.4, 0.5) is 0 Å². The largest absolute Gasteiger partial charge is 0.493 e. The van der Waals surface area contributed by atoms with E-state index in [9.17, 15) is 8.42 Å². The van der Waals surface area contributed by atoms with Gasteiger partial charge in [0, 0.05) is 43.7 Å². The lowest BCUT2D eigenvalue weighted by Gasteiger charge is -2.33. The first-order chi connectivity index (χ1) is 16.0. The van der Waals surface area contributed by atoms with E-state index in [4.69, 9.17) is 14.5 Å². The monoisotopic (exact) mass is 487 g/mol. The maximum atomic E-state index is 12.8. The Kier molecular flexibility index (Phi) is 7.64. The molecule has 1 saturated heterocycles. The molecule has 0 bridgehead atoms. The average molecular weight is 488 g/mol. The van der Waals surface area contributed by atoms with Crippen LogP contribution in [0.5, 0.6) is 11.5 Å². The van der Waals surface area contributed by atoms with E-state index < -0.39 is 10.0 Å². The minimum Gasteiger partial charge on any atom is -0.493 e. The Morgan fingerprint density at radius 3 is 2.48 bits per heavy atom. The standard InChI is InChI=1S/C24H29N3O4S2/c1-3-31-22-10-9-20(15-23(22)30-2)24-25-21(17-32-24)16-26-11-13-27(14-12-26)33(28,29)18-19-7-5-4-6-8-19/h4-10,15,17H,3,11-14,16,18H2,1-2H3. The van der Waals surface area contributed by atoms with Crippen LogP contribution >= 0.6 is 11.3 Å². The fourth-order valence-electron chi connectivity index (χ4n) is 3.86. The molecular weight excluding hydrogens is 458 g/mol. The number of hydrogen-bond acceptors (Lipinski definition) is 7. The second-order valence-corrected chi connectivity index (χ2v) is 10.7. The van der Waals surface area contributed by atoms with Crippen molar-refractivity contribution in [2.75, 3.05) is 39.9 Å². The summed E-state index contributed by atoms with van der Waals surface area (Å²) in [6.45, 7) is 5.62. The van der Waals surface area contributed by atoms with E-state index in [1.807, 2.05) is 55.5 Å². The minimum atomic E-state index is -3.31. The Morgan fingerprint density at radius 2 is 1.79 bits per heavy atom. The van der Waals surface area contributed by atoms with Crippen LogP contribution in [0.25, 0.3) is 10.6 Å². The van der Waals surface area contributed by atoms with Crippen molar-refractivity contribution >= 4 is 21.4 Å². The Labute approximate surface area is 199 Å². The highest BCUT2D eigenvalue weighted by Gasteiger charge is 2.27. The maximum absolute atomic E-state index is 12.8. The molecule has 1 aliphatic rings. The predicted molar refractivity (Wildman–Crippen MR) is 131 cm³/mol. The van der Waals surface area contributed by atoms with Gasteiger partial charge in [-0.15, -0.1) is 11.3 Å². The third-order valence-corrected chi connectivity index (χ3v) is 8.35. The summed E-state index contributed by atoms with van der Waals surface area (Å²) in [6.07, 6.45) is 0. The molecule has 0 N–H and O–H groups in total. The topological polar surface area (TPSA) is 72.0 Å². The number of piperazine rings is 1. The summed E-state index contributed by atoms with van der Waals surface area (Å²) in [6, 6.07) is 15.2. The van der Waals surface area contributed by atoms with Gasteiger partial charge in [-0.2, -0.15) is 4.31 Å². The number of benzene rings is 2. The first kappa shape index (κ1) is 23.7. The fourth-order valence-corrected chi connectivity index (χ4v) is 6.18. The van der Waals surface area contributed by atoms with Gasteiger partial charge in [-0.25, -0.2) is 13.4 Å². The number of methoxy groups -OCH3 is 1. The average Bonchev–Trinajstić information content (AvgIpc) is 3.29. The van der Waals surface area contributed by atoms with Crippen LogP contribution in [-0.4, -0.2) is 62.5 Å². The maximum Gasteiger partial charge on any atom is 0.218 e. The molecule has 9 heteroatoms. The van der Waals surface area contributed by atoms with Crippen LogP contribution < -0.4 is 9.47 Å². The summed E-state index contributed by atoms with van der Waals surface area (Å²) in [5, 5.41) is 2.99. The molecule has 2 heterocycles. The van der Waals surface area contributed by atoms with Crippen molar-refractivity contribution in [3.63, 3.8) is 0 Å². The smallest absolute Gasteiger partial charge is 0.218 e. The van der Waals surface area contributed by atoms with Gasteiger partial charge < -0.3 is 9.47 Å². The Balaban J connectivity index is 1.34. The number of rotatable bonds is 9. The number of sulfonamides is 1. The SMILES string of the molecule is CCOc1ccc(-c2nc(CN3CCN(S(=O)(=O)Cc4ccccc4)CC3)cs2)cc1OC. The quantitative estimate of drug-likeness (QED) is 0.456. The van der Waals surface area contributed by atoms with Crippen LogP contribution in [0.15, 0.2) is 53.9 Å². The molecule has 176 valence electrons. The van der Waals surface area contributed by atoms with Crippen LogP contribution in [0.1, 0.15) is 18.2 Å². The van der Waals surface area contributed by atoms with Crippen molar-refractivity contribution in [3.05, 3.63) is 65.2 Å². The van der Waals surface area contributed by atoms with Crippen LogP contribution in [0.2, 0.25) is 0 Å². The summed E-state index contributed by atoms with van der Waals surface area (Å²) in [7, 11) is -1.67. The van der Waals surface area contributed by atoms with Crippen LogP contribution in [0, 0.1) is 0 Å². The fraction of sp³-hybridized carbons (Fsp3) is 0.375. The molecule has 33 heavy (non-hydrogen) atoms. The highest BCUT2D eigenvalue weighted by Crippen LogP contribution is 2.34. The molecule has 1 aromatic heterocycles. The number of thiazole rings is 1. The van der Waals surface area contributed by atoms with Crippen LogP contribution in [-0.2, 0) is 22.3 Å². The molecule has 0 radical (unpaired) electrons. The number of hydrogen-bond donors (Lipinski definition) is 0. The van der Waals surface area contributed by atoms with E-state index in [0.717, 1.165) is 27.6 Å². The molecule has 0 saturated carbocycles. The number of aromatic nitrogens is 1. The predicted octanol–water partition coefficient (Wildman–Crippen LogP) is 3.87. The molecule has 0 atom stereocenters. The van der Waals surface area contributed by atoms with Gasteiger partial charge in [-0.3, -0.25) is 4.90 Å². The van der Waals surface area contributed by atoms with Crippen molar-refractivity contribution < 1.29 is 17.9 Å². The van der Waals surface area contributed by atoms with Crippen molar-refractivity contribution in [1.82, 2.24) is 14.2 Å². The second-order valence-electron chi connectivity index (χ2n) is 7.86. The van der Waals surface area contributed by atoms with Gasteiger partial charge in [0.2, 0.25) is 10.0 Å². The molecule has 0 amide bonds. The highest BCUT2D eigenvalue weighted by atomic mass is 32.2. The molecular formula is C24H29N3O4S2. The summed E-state index contributed by atoms with van der Waals surface area (Å²) in [4.78, 5) is 7.05. The first-order valence-electron chi connectivity index (χ1n) is 11.0. The Bertz CT molecular complexity index is 1160. The van der Waals surface area contributed by atoms with Crippen molar-refractivity contribution in [3.8, 4) is 22.1 Å². The van der Waals surface area contributed by atoms with Crippen LogP contribution in [0.3, 0.4) is 0 Å². The van der Waals surface area contributed by atoms with Gasteiger partial charge in [0.25, 0.3) is 0 Å². The summed E-state index contributed by atoms with van der Waals surface area (Å²) < 4.78 is 38.2. The van der Waals surface area contributed by atoms with Gasteiger partial charge in [0.1, 0.15) is 5.01 Å². The summed E-state index contributed by atoms with van der Waals surface area (Å²) >= 11 is 1.60. The van der Waals surface area contributed by atoms with Gasteiger partial charge in [0.05, 0.1) is 25.2 Å². The molecule has 0 unspecified atom stereocenters. The minimum absolute atomic E-state index is 0.0504. The normalized spacial score (nSPS) is 15.5. The number of ether oxygens (including phenoxy) is 2. The first-order valence-corrected chi connectivity index (χ1v) is 13.5. The third-order valence-electron chi connectivity index (χ3n) is 5.56. The zero-order valence-electron chi connectivity index (χ0n) is 18.9. The van der Waals surface area contributed by atoms with E-state index >= 15 is 0 Å². The molecule has 4 rings (SSSR count). The Hall–Kier alpha value is -2.46. The summed E-state index contributed by atoms with van der Waals surface area (Å²) in [5.41, 5.74) is 2.80. The van der Waals surface area contributed by atoms with Gasteiger partial charge in [-0.1, -0.05) is 30.3 Å². The highest BCUT2D eigenvalue weighted by molar-refractivity contribution is 7.88. The van der Waals surface area contributed by atoms with Gasteiger partial charge >= 0.3 is 0 Å². The molecule has 0 aliphatic carbocycles. The lowest BCUT2D eigenvalue weighted by molar-refractivity contribution is 0.180.